The Labute approximate surface area is 212 Å². The van der Waals surface area contributed by atoms with Gasteiger partial charge in [0.25, 0.3) is 5.56 Å². The van der Waals surface area contributed by atoms with Gasteiger partial charge in [-0.25, -0.2) is 9.36 Å². The first-order valence-corrected chi connectivity index (χ1v) is 11.7. The van der Waals surface area contributed by atoms with E-state index in [9.17, 15) is 14.4 Å². The second kappa shape index (κ2) is 10.3. The van der Waals surface area contributed by atoms with Crippen LogP contribution in [-0.2, 0) is 4.79 Å². The third-order valence-corrected chi connectivity index (χ3v) is 6.20. The molecule has 0 radical (unpaired) electrons. The zero-order valence-corrected chi connectivity index (χ0v) is 21.1. The summed E-state index contributed by atoms with van der Waals surface area (Å²) in [6.45, 7) is 3.67. The average Bonchev–Trinajstić information content (AvgIpc) is 2.86. The molecule has 1 atom stereocenters. The highest BCUT2D eigenvalue weighted by Crippen LogP contribution is 2.30. The molecule has 1 amide bonds. The number of aryl methyl sites for hydroxylation is 1. The standard InChI is InChI=1S/C27H26ClN3O5/c1-5-21(25(32)29-18-10-12-23(35-3)24(15-18)36-4)31-22-14-17(28)9-11-20(22)26(33)30(27(31)34)19-8-6-7-16(2)13-19/h6-15,21H,5H2,1-4H3,(H,29,32). The summed E-state index contributed by atoms with van der Waals surface area (Å²) < 4.78 is 13.0. The minimum absolute atomic E-state index is 0.276. The van der Waals surface area contributed by atoms with Gasteiger partial charge in [-0.1, -0.05) is 30.7 Å². The van der Waals surface area contributed by atoms with E-state index in [-0.39, 0.29) is 17.3 Å². The average molecular weight is 508 g/mol. The van der Waals surface area contributed by atoms with E-state index in [4.69, 9.17) is 21.1 Å². The first-order valence-electron chi connectivity index (χ1n) is 11.4. The number of carbonyl (C=O) groups is 1. The number of nitrogens with zero attached hydrogens (tertiary/aromatic N) is 2. The smallest absolute Gasteiger partial charge is 0.336 e. The van der Waals surface area contributed by atoms with Crippen LogP contribution < -0.4 is 26.0 Å². The molecule has 0 aliphatic rings. The van der Waals surface area contributed by atoms with Gasteiger partial charge in [-0.05, 0) is 61.4 Å². The summed E-state index contributed by atoms with van der Waals surface area (Å²) in [7, 11) is 3.03. The molecule has 1 aromatic heterocycles. The summed E-state index contributed by atoms with van der Waals surface area (Å²) in [5.41, 5.74) is 0.957. The molecule has 1 heterocycles. The highest BCUT2D eigenvalue weighted by atomic mass is 35.5. The minimum atomic E-state index is -0.928. The number of anilines is 1. The predicted molar refractivity (Wildman–Crippen MR) is 141 cm³/mol. The third-order valence-electron chi connectivity index (χ3n) is 5.96. The summed E-state index contributed by atoms with van der Waals surface area (Å²) >= 11 is 6.24. The van der Waals surface area contributed by atoms with Crippen LogP contribution in [0.3, 0.4) is 0 Å². The van der Waals surface area contributed by atoms with Crippen LogP contribution in [0.25, 0.3) is 16.6 Å². The van der Waals surface area contributed by atoms with Crippen molar-refractivity contribution in [3.63, 3.8) is 0 Å². The Morgan fingerprint density at radius 2 is 1.75 bits per heavy atom. The molecule has 8 nitrogen and oxygen atoms in total. The zero-order chi connectivity index (χ0) is 26.0. The number of methoxy groups -OCH3 is 2. The monoisotopic (exact) mass is 507 g/mol. The van der Waals surface area contributed by atoms with E-state index in [1.54, 1.807) is 55.5 Å². The van der Waals surface area contributed by atoms with Crippen molar-refractivity contribution in [1.82, 2.24) is 9.13 Å². The fraction of sp³-hybridized carbons (Fsp3) is 0.222. The van der Waals surface area contributed by atoms with Gasteiger partial charge in [-0.15, -0.1) is 0 Å². The van der Waals surface area contributed by atoms with Crippen LogP contribution in [0, 0.1) is 6.92 Å². The molecule has 0 spiro atoms. The van der Waals surface area contributed by atoms with Gasteiger partial charge < -0.3 is 14.8 Å². The highest BCUT2D eigenvalue weighted by Gasteiger charge is 2.26. The molecular weight excluding hydrogens is 482 g/mol. The van der Waals surface area contributed by atoms with E-state index in [0.29, 0.717) is 27.9 Å². The van der Waals surface area contributed by atoms with Crippen LogP contribution >= 0.6 is 11.6 Å². The molecule has 36 heavy (non-hydrogen) atoms. The second-order valence-electron chi connectivity index (χ2n) is 8.28. The fourth-order valence-corrected chi connectivity index (χ4v) is 4.39. The fourth-order valence-electron chi connectivity index (χ4n) is 4.22. The van der Waals surface area contributed by atoms with Gasteiger partial charge in [0.05, 0.1) is 30.8 Å². The van der Waals surface area contributed by atoms with Crippen LogP contribution in [-0.4, -0.2) is 29.3 Å². The lowest BCUT2D eigenvalue weighted by molar-refractivity contribution is -0.119. The number of aromatic nitrogens is 2. The molecule has 0 aliphatic heterocycles. The van der Waals surface area contributed by atoms with E-state index >= 15 is 0 Å². The first kappa shape index (κ1) is 25.1. The number of halogens is 1. The van der Waals surface area contributed by atoms with Crippen molar-refractivity contribution in [1.29, 1.82) is 0 Å². The quantitative estimate of drug-likeness (QED) is 0.391. The van der Waals surface area contributed by atoms with E-state index in [1.807, 2.05) is 13.0 Å². The minimum Gasteiger partial charge on any atom is -0.493 e. The maximum Gasteiger partial charge on any atom is 0.336 e. The van der Waals surface area contributed by atoms with E-state index in [0.717, 1.165) is 10.1 Å². The van der Waals surface area contributed by atoms with Crippen molar-refractivity contribution in [3.05, 3.63) is 92.1 Å². The number of benzene rings is 3. The SMILES string of the molecule is CCC(C(=O)Nc1ccc(OC)c(OC)c1)n1c(=O)n(-c2cccc(C)c2)c(=O)c2ccc(Cl)cc21. The van der Waals surface area contributed by atoms with Crippen molar-refractivity contribution in [2.75, 3.05) is 19.5 Å². The zero-order valence-electron chi connectivity index (χ0n) is 20.4. The summed E-state index contributed by atoms with van der Waals surface area (Å²) in [4.78, 5) is 40.7. The van der Waals surface area contributed by atoms with Crippen LogP contribution in [0.5, 0.6) is 11.5 Å². The number of carbonyl (C=O) groups excluding carboxylic acids is 1. The van der Waals surface area contributed by atoms with Crippen molar-refractivity contribution in [2.45, 2.75) is 26.3 Å². The van der Waals surface area contributed by atoms with E-state index in [1.165, 1.54) is 24.9 Å². The molecule has 1 N–H and O–H groups in total. The Balaban J connectivity index is 1.90. The number of ether oxygens (including phenoxy) is 2. The molecule has 3 aromatic carbocycles. The molecule has 9 heteroatoms. The maximum atomic E-state index is 13.8. The molecule has 186 valence electrons. The Hall–Kier alpha value is -4.04. The van der Waals surface area contributed by atoms with Crippen molar-refractivity contribution < 1.29 is 14.3 Å². The predicted octanol–water partition coefficient (Wildman–Crippen LogP) is 4.72. The topological polar surface area (TPSA) is 91.6 Å². The lowest BCUT2D eigenvalue weighted by Crippen LogP contribution is -2.43. The number of nitrogens with one attached hydrogen (secondary N) is 1. The number of rotatable bonds is 7. The number of hydrogen-bond donors (Lipinski definition) is 1. The van der Waals surface area contributed by atoms with Gasteiger partial charge in [0.2, 0.25) is 5.91 Å². The van der Waals surface area contributed by atoms with Crippen molar-refractivity contribution in [3.8, 4) is 17.2 Å². The summed E-state index contributed by atoms with van der Waals surface area (Å²) in [6, 6.07) is 15.8. The molecule has 0 aliphatic carbocycles. The number of fused-ring (bicyclic) bond motifs is 1. The molecule has 0 saturated carbocycles. The Kier molecular flexibility index (Phi) is 7.17. The van der Waals surface area contributed by atoms with Gasteiger partial charge in [0.15, 0.2) is 11.5 Å². The number of hydrogen-bond acceptors (Lipinski definition) is 5. The molecule has 4 aromatic rings. The molecule has 0 saturated heterocycles. The summed E-state index contributed by atoms with van der Waals surface area (Å²) in [6.07, 6.45) is 0.284. The van der Waals surface area contributed by atoms with Crippen LogP contribution in [0.15, 0.2) is 70.3 Å². The lowest BCUT2D eigenvalue weighted by Gasteiger charge is -2.22. The molecular formula is C27H26ClN3O5. The largest absolute Gasteiger partial charge is 0.493 e. The molecule has 1 unspecified atom stereocenters. The maximum absolute atomic E-state index is 13.8. The normalized spacial score (nSPS) is 11.8. The first-order chi connectivity index (χ1) is 17.3. The third kappa shape index (κ3) is 4.59. The van der Waals surface area contributed by atoms with Crippen LogP contribution in [0.4, 0.5) is 5.69 Å². The molecule has 0 bridgehead atoms. The Bertz CT molecular complexity index is 1570. The van der Waals surface area contributed by atoms with E-state index < -0.39 is 23.2 Å². The van der Waals surface area contributed by atoms with E-state index in [2.05, 4.69) is 5.32 Å². The summed E-state index contributed by atoms with van der Waals surface area (Å²) in [5.74, 6) is 0.540. The van der Waals surface area contributed by atoms with Crippen LogP contribution in [0.1, 0.15) is 24.9 Å². The number of amides is 1. The van der Waals surface area contributed by atoms with Crippen molar-refractivity contribution >= 4 is 34.1 Å². The van der Waals surface area contributed by atoms with Gasteiger partial charge in [0, 0.05) is 16.8 Å². The lowest BCUT2D eigenvalue weighted by atomic mass is 10.1. The van der Waals surface area contributed by atoms with Gasteiger partial charge in [0.1, 0.15) is 6.04 Å². The highest BCUT2D eigenvalue weighted by molar-refractivity contribution is 6.31. The Morgan fingerprint density at radius 1 is 1.00 bits per heavy atom. The molecule has 4 rings (SSSR count). The van der Waals surface area contributed by atoms with Crippen LogP contribution in [0.2, 0.25) is 5.02 Å². The van der Waals surface area contributed by atoms with Crippen molar-refractivity contribution in [2.24, 2.45) is 0 Å². The Morgan fingerprint density at radius 3 is 2.42 bits per heavy atom. The van der Waals surface area contributed by atoms with Gasteiger partial charge >= 0.3 is 5.69 Å². The molecule has 0 fully saturated rings. The van der Waals surface area contributed by atoms with Gasteiger partial charge in [-0.2, -0.15) is 0 Å². The summed E-state index contributed by atoms with van der Waals surface area (Å²) in [5, 5.41) is 3.47. The second-order valence-corrected chi connectivity index (χ2v) is 8.71. The van der Waals surface area contributed by atoms with Gasteiger partial charge in [-0.3, -0.25) is 14.2 Å².